The average molecular weight is 515 g/mol. The summed E-state index contributed by atoms with van der Waals surface area (Å²) in [5, 5.41) is 5.19. The summed E-state index contributed by atoms with van der Waals surface area (Å²) < 4.78 is 6.22. The SMILES string of the molecule is C#CCOc1ccc(/C=C2/NC(=O)N(CC(=O)Nc3cccc(C)c3)C2=O)cc1I. The molecule has 1 fully saturated rings. The van der Waals surface area contributed by atoms with E-state index < -0.39 is 17.8 Å². The van der Waals surface area contributed by atoms with Crippen molar-refractivity contribution >= 4 is 52.2 Å². The molecule has 0 unspecified atom stereocenters. The van der Waals surface area contributed by atoms with Gasteiger partial charge in [0.2, 0.25) is 5.91 Å². The molecule has 0 aliphatic carbocycles. The molecule has 0 bridgehead atoms. The Balaban J connectivity index is 1.69. The highest BCUT2D eigenvalue weighted by Crippen LogP contribution is 2.24. The first-order chi connectivity index (χ1) is 14.4. The third-order valence-electron chi connectivity index (χ3n) is 4.14. The Bertz CT molecular complexity index is 1090. The maximum atomic E-state index is 12.6. The molecule has 2 aromatic rings. The van der Waals surface area contributed by atoms with Gasteiger partial charge in [0.25, 0.3) is 5.91 Å². The number of aryl methyl sites for hydroxylation is 1. The smallest absolute Gasteiger partial charge is 0.329 e. The second-order valence-electron chi connectivity index (χ2n) is 6.48. The summed E-state index contributed by atoms with van der Waals surface area (Å²) in [7, 11) is 0. The predicted octanol–water partition coefficient (Wildman–Crippen LogP) is 3.14. The standard InChI is InChI=1S/C22H18IN3O4/c1-3-9-30-19-8-7-15(11-17(19)23)12-18-21(28)26(22(29)25-18)13-20(27)24-16-6-4-5-14(2)10-16/h1,4-8,10-12H,9,13H2,2H3,(H,24,27)(H,25,29)/b18-12+. The Morgan fingerprint density at radius 1 is 1.30 bits per heavy atom. The molecule has 1 heterocycles. The lowest BCUT2D eigenvalue weighted by Crippen LogP contribution is -2.38. The fourth-order valence-electron chi connectivity index (χ4n) is 2.79. The molecule has 3 rings (SSSR count). The molecule has 0 atom stereocenters. The number of hydrogen-bond acceptors (Lipinski definition) is 4. The van der Waals surface area contributed by atoms with Crippen LogP contribution < -0.4 is 15.4 Å². The van der Waals surface area contributed by atoms with E-state index in [2.05, 4.69) is 39.1 Å². The van der Waals surface area contributed by atoms with Gasteiger partial charge in [-0.25, -0.2) is 9.69 Å². The molecule has 0 aromatic heterocycles. The van der Waals surface area contributed by atoms with Gasteiger partial charge in [0.05, 0.1) is 3.57 Å². The second kappa shape index (κ2) is 9.45. The van der Waals surface area contributed by atoms with Crippen molar-refractivity contribution in [2.75, 3.05) is 18.5 Å². The van der Waals surface area contributed by atoms with Crippen LogP contribution in [0.5, 0.6) is 5.75 Å². The van der Waals surface area contributed by atoms with Crippen LogP contribution in [0.15, 0.2) is 48.2 Å². The van der Waals surface area contributed by atoms with Gasteiger partial charge >= 0.3 is 6.03 Å². The molecule has 8 heteroatoms. The molecule has 2 aromatic carbocycles. The van der Waals surface area contributed by atoms with Crippen LogP contribution in [0, 0.1) is 22.8 Å². The molecule has 1 saturated heterocycles. The molecule has 152 valence electrons. The van der Waals surface area contributed by atoms with E-state index in [0.29, 0.717) is 17.0 Å². The van der Waals surface area contributed by atoms with Crippen molar-refractivity contribution in [2.24, 2.45) is 0 Å². The van der Waals surface area contributed by atoms with Gasteiger partial charge in [-0.1, -0.05) is 24.1 Å². The Labute approximate surface area is 187 Å². The van der Waals surface area contributed by atoms with Gasteiger partial charge in [-0.15, -0.1) is 6.42 Å². The van der Waals surface area contributed by atoms with Crippen LogP contribution in [-0.2, 0) is 9.59 Å². The second-order valence-corrected chi connectivity index (χ2v) is 7.64. The lowest BCUT2D eigenvalue weighted by molar-refractivity contribution is -0.127. The first kappa shape index (κ1) is 21.4. The molecule has 4 amide bonds. The van der Waals surface area contributed by atoms with Gasteiger partial charge in [0, 0.05) is 5.69 Å². The quantitative estimate of drug-likeness (QED) is 0.268. The molecule has 30 heavy (non-hydrogen) atoms. The number of amides is 4. The Morgan fingerprint density at radius 3 is 2.80 bits per heavy atom. The number of anilines is 1. The summed E-state index contributed by atoms with van der Waals surface area (Å²) in [6.45, 7) is 1.68. The molecule has 1 aliphatic heterocycles. The molecule has 0 radical (unpaired) electrons. The fraction of sp³-hybridized carbons (Fsp3) is 0.136. The van der Waals surface area contributed by atoms with E-state index in [1.807, 2.05) is 19.1 Å². The Hall–Kier alpha value is -3.32. The number of halogens is 1. The molecule has 0 saturated carbocycles. The lowest BCUT2D eigenvalue weighted by atomic mass is 10.2. The summed E-state index contributed by atoms with van der Waals surface area (Å²) in [5.74, 6) is 2.00. The van der Waals surface area contributed by atoms with Crippen molar-refractivity contribution < 1.29 is 19.1 Å². The van der Waals surface area contributed by atoms with Crippen LogP contribution in [-0.4, -0.2) is 35.9 Å². The van der Waals surface area contributed by atoms with Crippen LogP contribution >= 0.6 is 22.6 Å². The highest BCUT2D eigenvalue weighted by Gasteiger charge is 2.34. The highest BCUT2D eigenvalue weighted by molar-refractivity contribution is 14.1. The van der Waals surface area contributed by atoms with E-state index in [4.69, 9.17) is 11.2 Å². The van der Waals surface area contributed by atoms with Gasteiger partial charge in [-0.3, -0.25) is 9.59 Å². The van der Waals surface area contributed by atoms with E-state index in [1.54, 1.807) is 36.4 Å². The number of nitrogens with zero attached hydrogens (tertiary/aromatic N) is 1. The van der Waals surface area contributed by atoms with E-state index in [9.17, 15) is 14.4 Å². The maximum Gasteiger partial charge on any atom is 0.329 e. The largest absolute Gasteiger partial charge is 0.480 e. The van der Waals surface area contributed by atoms with Gasteiger partial charge < -0.3 is 15.4 Å². The van der Waals surface area contributed by atoms with E-state index in [0.717, 1.165) is 14.0 Å². The van der Waals surface area contributed by atoms with E-state index >= 15 is 0 Å². The Morgan fingerprint density at radius 2 is 2.10 bits per heavy atom. The maximum absolute atomic E-state index is 12.6. The molecule has 2 N–H and O–H groups in total. The van der Waals surface area contributed by atoms with Gasteiger partial charge in [0.1, 0.15) is 24.6 Å². The van der Waals surface area contributed by atoms with Gasteiger partial charge in [0.15, 0.2) is 0 Å². The lowest BCUT2D eigenvalue weighted by Gasteiger charge is -2.12. The number of rotatable bonds is 6. The number of imide groups is 1. The summed E-state index contributed by atoms with van der Waals surface area (Å²) in [6.07, 6.45) is 6.74. The van der Waals surface area contributed by atoms with Crippen molar-refractivity contribution in [3.05, 3.63) is 62.9 Å². The number of urea groups is 1. The summed E-state index contributed by atoms with van der Waals surface area (Å²) >= 11 is 2.10. The van der Waals surface area contributed by atoms with Crippen LogP contribution in [0.3, 0.4) is 0 Å². The highest BCUT2D eigenvalue weighted by atomic mass is 127. The zero-order chi connectivity index (χ0) is 21.7. The molecular formula is C22H18IN3O4. The zero-order valence-corrected chi connectivity index (χ0v) is 18.2. The van der Waals surface area contributed by atoms with Gasteiger partial charge in [-0.2, -0.15) is 0 Å². The molecule has 1 aliphatic rings. The van der Waals surface area contributed by atoms with Crippen LogP contribution in [0.1, 0.15) is 11.1 Å². The normalized spacial score (nSPS) is 14.4. The van der Waals surface area contributed by atoms with E-state index in [1.165, 1.54) is 0 Å². The van der Waals surface area contributed by atoms with Crippen molar-refractivity contribution in [3.63, 3.8) is 0 Å². The minimum absolute atomic E-state index is 0.0939. The average Bonchev–Trinajstić information content (AvgIpc) is 2.95. The monoisotopic (exact) mass is 515 g/mol. The van der Waals surface area contributed by atoms with E-state index in [-0.39, 0.29) is 18.8 Å². The van der Waals surface area contributed by atoms with Crippen molar-refractivity contribution in [1.82, 2.24) is 10.2 Å². The summed E-state index contributed by atoms with van der Waals surface area (Å²) in [4.78, 5) is 37.9. The number of benzene rings is 2. The molecule has 7 nitrogen and oxygen atoms in total. The number of terminal acetylenes is 1. The minimum atomic E-state index is -0.644. The third-order valence-corrected chi connectivity index (χ3v) is 4.99. The number of carbonyl (C=O) groups excluding carboxylic acids is 3. The summed E-state index contributed by atoms with van der Waals surface area (Å²) in [6, 6.07) is 11.9. The number of nitrogens with one attached hydrogen (secondary N) is 2. The van der Waals surface area contributed by atoms with Crippen LogP contribution in [0.2, 0.25) is 0 Å². The third kappa shape index (κ3) is 5.18. The topological polar surface area (TPSA) is 87.7 Å². The predicted molar refractivity (Wildman–Crippen MR) is 122 cm³/mol. The fourth-order valence-corrected chi connectivity index (χ4v) is 3.49. The van der Waals surface area contributed by atoms with Crippen LogP contribution in [0.25, 0.3) is 6.08 Å². The van der Waals surface area contributed by atoms with Gasteiger partial charge in [-0.05, 0) is 71.0 Å². The number of hydrogen-bond donors (Lipinski definition) is 2. The van der Waals surface area contributed by atoms with Crippen molar-refractivity contribution in [1.29, 1.82) is 0 Å². The van der Waals surface area contributed by atoms with Crippen molar-refractivity contribution in [3.8, 4) is 18.1 Å². The first-order valence-corrected chi connectivity index (χ1v) is 10.0. The minimum Gasteiger partial charge on any atom is -0.480 e. The molecule has 0 spiro atoms. The molecular weight excluding hydrogens is 497 g/mol. The number of ether oxygens (including phenoxy) is 1. The first-order valence-electron chi connectivity index (χ1n) is 8.94. The summed E-state index contributed by atoms with van der Waals surface area (Å²) in [5.41, 5.74) is 2.38. The Kier molecular flexibility index (Phi) is 6.74. The number of carbonyl (C=O) groups is 3. The van der Waals surface area contributed by atoms with Crippen LogP contribution in [0.4, 0.5) is 10.5 Å². The zero-order valence-electron chi connectivity index (χ0n) is 16.1. The van der Waals surface area contributed by atoms with Crippen molar-refractivity contribution in [2.45, 2.75) is 6.92 Å².